The van der Waals surface area contributed by atoms with Crippen LogP contribution < -0.4 is 9.80 Å². The molecule has 1 aromatic carbocycles. The standard InChI is InChI=1S/C28H30FN9O3S2/c1-4-20-24(35(3)26-32-23(21(11-30)42-26)16-5-7-18(29)8-6-16)38-27(31-20)43-28(33-38)36-10-9-19(14-36)34(2)15-22(39)37-12-17(13-37)25(40)41/h5-8,17,19H,4,9-10,12-15H2,1-3H3,(H,40,41)/t19-/m0/s1. The second-order valence-electron chi connectivity index (χ2n) is 10.8. The quantitative estimate of drug-likeness (QED) is 0.296. The van der Waals surface area contributed by atoms with Crippen LogP contribution in [0.15, 0.2) is 24.3 Å². The molecule has 2 saturated heterocycles. The molecular formula is C28H30FN9O3S2. The Bertz CT molecular complexity index is 1720. The first-order valence-electron chi connectivity index (χ1n) is 13.9. The number of likely N-dealkylation sites (tertiary alicyclic amines) is 1. The van der Waals surface area contributed by atoms with Crippen molar-refractivity contribution in [3.8, 4) is 17.3 Å². The molecular weight excluding hydrogens is 594 g/mol. The van der Waals surface area contributed by atoms with Crippen LogP contribution in [0, 0.1) is 23.1 Å². The molecule has 15 heteroatoms. The van der Waals surface area contributed by atoms with Gasteiger partial charge < -0.3 is 19.8 Å². The minimum absolute atomic E-state index is 0.0460. The molecule has 2 fully saturated rings. The zero-order chi connectivity index (χ0) is 30.4. The number of carboxylic acid groups (broad SMARTS) is 1. The summed E-state index contributed by atoms with van der Waals surface area (Å²) in [7, 11) is 3.81. The summed E-state index contributed by atoms with van der Waals surface area (Å²) in [5.74, 6) is -0.938. The van der Waals surface area contributed by atoms with Gasteiger partial charge in [-0.25, -0.2) is 14.4 Å². The summed E-state index contributed by atoms with van der Waals surface area (Å²) < 4.78 is 15.3. The molecule has 43 heavy (non-hydrogen) atoms. The number of anilines is 3. The molecule has 12 nitrogen and oxygen atoms in total. The number of amides is 1. The molecule has 0 saturated carbocycles. The first-order valence-corrected chi connectivity index (χ1v) is 15.5. The molecule has 0 unspecified atom stereocenters. The van der Waals surface area contributed by atoms with Crippen molar-refractivity contribution in [3.63, 3.8) is 0 Å². The summed E-state index contributed by atoms with van der Waals surface area (Å²) in [5.41, 5.74) is 2.04. The Morgan fingerprint density at radius 3 is 2.58 bits per heavy atom. The average molecular weight is 624 g/mol. The number of fused-ring (bicyclic) bond motifs is 1. The third-order valence-electron chi connectivity index (χ3n) is 8.04. The van der Waals surface area contributed by atoms with Gasteiger partial charge >= 0.3 is 5.97 Å². The molecule has 2 aliphatic rings. The van der Waals surface area contributed by atoms with Gasteiger partial charge in [0.2, 0.25) is 16.0 Å². The van der Waals surface area contributed by atoms with Crippen LogP contribution in [0.2, 0.25) is 0 Å². The maximum atomic E-state index is 13.5. The van der Waals surface area contributed by atoms with Crippen LogP contribution in [0.4, 0.5) is 20.5 Å². The summed E-state index contributed by atoms with van der Waals surface area (Å²) in [6.07, 6.45) is 1.56. The third kappa shape index (κ3) is 5.41. The normalized spacial score (nSPS) is 17.1. The molecule has 1 atom stereocenters. The number of rotatable bonds is 9. The van der Waals surface area contributed by atoms with Crippen molar-refractivity contribution >= 4 is 55.6 Å². The van der Waals surface area contributed by atoms with E-state index in [1.165, 1.54) is 34.8 Å². The Morgan fingerprint density at radius 2 is 1.91 bits per heavy atom. The highest BCUT2D eigenvalue weighted by atomic mass is 32.1. The van der Waals surface area contributed by atoms with Gasteiger partial charge in [0.05, 0.1) is 18.2 Å². The maximum Gasteiger partial charge on any atom is 0.310 e. The minimum Gasteiger partial charge on any atom is -0.481 e. The van der Waals surface area contributed by atoms with E-state index in [0.717, 1.165) is 34.6 Å². The number of nitrogens with zero attached hydrogens (tertiary/aromatic N) is 9. The van der Waals surface area contributed by atoms with Crippen LogP contribution in [0.1, 0.15) is 23.9 Å². The number of imidazole rings is 1. The van der Waals surface area contributed by atoms with Crippen LogP contribution in [0.3, 0.4) is 0 Å². The fourth-order valence-electron chi connectivity index (χ4n) is 5.45. The van der Waals surface area contributed by atoms with Crippen molar-refractivity contribution in [2.24, 2.45) is 5.92 Å². The molecule has 4 aromatic rings. The second kappa shape index (κ2) is 11.5. The molecule has 0 aliphatic carbocycles. The number of aryl methyl sites for hydroxylation is 1. The molecule has 0 spiro atoms. The summed E-state index contributed by atoms with van der Waals surface area (Å²) >= 11 is 2.76. The van der Waals surface area contributed by atoms with E-state index in [4.69, 9.17) is 20.2 Å². The van der Waals surface area contributed by atoms with Gasteiger partial charge in [-0.3, -0.25) is 14.5 Å². The van der Waals surface area contributed by atoms with E-state index in [0.29, 0.717) is 34.2 Å². The number of hydrogen-bond donors (Lipinski definition) is 1. The summed E-state index contributed by atoms with van der Waals surface area (Å²) in [5, 5.41) is 25.2. The Labute approximate surface area is 255 Å². The van der Waals surface area contributed by atoms with Crippen molar-refractivity contribution in [2.45, 2.75) is 25.8 Å². The molecule has 0 bridgehead atoms. The third-order valence-corrected chi connectivity index (χ3v) is 10.0. The molecule has 1 amide bonds. The van der Waals surface area contributed by atoms with Crippen molar-refractivity contribution in [3.05, 3.63) is 40.7 Å². The molecule has 2 aliphatic heterocycles. The van der Waals surface area contributed by atoms with E-state index < -0.39 is 11.9 Å². The highest BCUT2D eigenvalue weighted by molar-refractivity contribution is 7.20. The lowest BCUT2D eigenvalue weighted by Gasteiger charge is -2.38. The summed E-state index contributed by atoms with van der Waals surface area (Å²) in [6, 6.07) is 8.33. The molecule has 5 heterocycles. The van der Waals surface area contributed by atoms with Crippen molar-refractivity contribution in [1.29, 1.82) is 5.26 Å². The lowest BCUT2D eigenvalue weighted by Crippen LogP contribution is -2.55. The summed E-state index contributed by atoms with van der Waals surface area (Å²) in [4.78, 5) is 42.2. The summed E-state index contributed by atoms with van der Waals surface area (Å²) in [6.45, 7) is 4.33. The average Bonchev–Trinajstić information content (AvgIpc) is 3.74. The number of carbonyl (C=O) groups excluding carboxylic acids is 1. The van der Waals surface area contributed by atoms with Crippen LogP contribution >= 0.6 is 22.7 Å². The topological polar surface area (TPSA) is 134 Å². The number of carbonyl (C=O) groups is 2. The van der Waals surface area contributed by atoms with Crippen LogP contribution in [-0.4, -0.2) is 99.2 Å². The van der Waals surface area contributed by atoms with Crippen LogP contribution in [-0.2, 0) is 16.0 Å². The van der Waals surface area contributed by atoms with E-state index in [1.807, 2.05) is 35.3 Å². The largest absolute Gasteiger partial charge is 0.481 e. The highest BCUT2D eigenvalue weighted by Crippen LogP contribution is 2.38. The Hall–Kier alpha value is -4.13. The number of thiazole rings is 1. The second-order valence-corrected chi connectivity index (χ2v) is 12.7. The highest BCUT2D eigenvalue weighted by Gasteiger charge is 2.37. The van der Waals surface area contributed by atoms with Crippen molar-refractivity contribution in [2.75, 3.05) is 56.6 Å². The van der Waals surface area contributed by atoms with Crippen molar-refractivity contribution in [1.82, 2.24) is 29.4 Å². The number of aliphatic carboxylic acids is 1. The van der Waals surface area contributed by atoms with E-state index >= 15 is 0 Å². The van der Waals surface area contributed by atoms with Gasteiger partial charge in [-0.1, -0.05) is 29.6 Å². The monoisotopic (exact) mass is 623 g/mol. The van der Waals surface area contributed by atoms with E-state index in [9.17, 15) is 19.2 Å². The number of hydrogen-bond acceptors (Lipinski definition) is 11. The van der Waals surface area contributed by atoms with Gasteiger partial charge in [0.1, 0.15) is 22.5 Å². The zero-order valence-corrected chi connectivity index (χ0v) is 25.5. The van der Waals surface area contributed by atoms with Gasteiger partial charge in [-0.2, -0.15) is 9.78 Å². The number of benzene rings is 1. The Balaban J connectivity index is 1.19. The van der Waals surface area contributed by atoms with Crippen molar-refractivity contribution < 1.29 is 19.1 Å². The van der Waals surface area contributed by atoms with E-state index in [2.05, 4.69) is 11.0 Å². The SMILES string of the molecule is CCc1nc2sc(N3CC[C@H](N(C)CC(=O)N4CC(C(=O)O)C4)C3)nn2c1N(C)c1nc(-c2ccc(F)cc2)c(C#N)s1. The number of likely N-dealkylation sites (N-methyl/N-ethyl adjacent to an activating group) is 1. The zero-order valence-electron chi connectivity index (χ0n) is 23.9. The first-order chi connectivity index (χ1) is 20.7. The van der Waals surface area contributed by atoms with Gasteiger partial charge in [-0.05, 0) is 44.2 Å². The first kappa shape index (κ1) is 29.0. The van der Waals surface area contributed by atoms with Crippen LogP contribution in [0.25, 0.3) is 16.2 Å². The van der Waals surface area contributed by atoms with E-state index in [-0.39, 0.29) is 37.4 Å². The smallest absolute Gasteiger partial charge is 0.310 e. The number of carboxylic acids is 1. The fourth-order valence-corrected chi connectivity index (χ4v) is 7.25. The van der Waals surface area contributed by atoms with Gasteiger partial charge in [-0.15, -0.1) is 5.10 Å². The van der Waals surface area contributed by atoms with Gasteiger partial charge in [0.15, 0.2) is 10.9 Å². The molecule has 224 valence electrons. The van der Waals surface area contributed by atoms with Gasteiger partial charge in [0, 0.05) is 44.8 Å². The minimum atomic E-state index is -0.854. The van der Waals surface area contributed by atoms with Gasteiger partial charge in [0.25, 0.3) is 0 Å². The molecule has 1 N–H and O–H groups in total. The molecule has 6 rings (SSSR count). The lowest BCUT2D eigenvalue weighted by molar-refractivity contribution is -0.153. The maximum absolute atomic E-state index is 13.5. The number of nitriles is 1. The molecule has 3 aromatic heterocycles. The fraction of sp³-hybridized carbons (Fsp3) is 0.429. The number of halogens is 1. The predicted molar refractivity (Wildman–Crippen MR) is 161 cm³/mol. The lowest BCUT2D eigenvalue weighted by atomic mass is 10.0. The van der Waals surface area contributed by atoms with E-state index in [1.54, 1.807) is 17.0 Å². The molecule has 0 radical (unpaired) electrons. The number of aromatic nitrogens is 4. The Kier molecular flexibility index (Phi) is 7.75. The predicted octanol–water partition coefficient (Wildman–Crippen LogP) is 3.31. The van der Waals surface area contributed by atoms with Crippen LogP contribution in [0.5, 0.6) is 0 Å². The Morgan fingerprint density at radius 1 is 1.16 bits per heavy atom.